The third-order valence-electron chi connectivity index (χ3n) is 3.42. The highest BCUT2D eigenvalue weighted by Gasteiger charge is 2.15. The van der Waals surface area contributed by atoms with E-state index in [1.54, 1.807) is 19.2 Å². The Hall–Kier alpha value is -1.69. The van der Waals surface area contributed by atoms with Crippen LogP contribution in [0.4, 0.5) is 0 Å². The van der Waals surface area contributed by atoms with Crippen molar-refractivity contribution in [2.45, 2.75) is 24.6 Å². The Morgan fingerprint density at radius 3 is 3.00 bits per heavy atom. The lowest BCUT2D eigenvalue weighted by Gasteiger charge is -2.15. The number of thioether (sulfide) groups is 1. The first-order chi connectivity index (χ1) is 10.2. The maximum atomic E-state index is 11.2. The number of hydrogen-bond donors (Lipinski definition) is 3. The van der Waals surface area contributed by atoms with Gasteiger partial charge in [-0.15, -0.1) is 0 Å². The summed E-state index contributed by atoms with van der Waals surface area (Å²) in [6, 6.07) is 7.31. The van der Waals surface area contributed by atoms with Crippen molar-refractivity contribution in [2.75, 3.05) is 19.3 Å². The fourth-order valence-electron chi connectivity index (χ4n) is 2.26. The maximum Gasteiger partial charge on any atom is 0.248 e. The van der Waals surface area contributed by atoms with Crippen LogP contribution < -0.4 is 16.4 Å². The molecule has 21 heavy (non-hydrogen) atoms. The van der Waals surface area contributed by atoms with Gasteiger partial charge in [0.2, 0.25) is 5.91 Å². The number of carbonyl (C=O) groups excluding carboxylic acids is 1. The molecule has 1 aliphatic rings. The average Bonchev–Trinajstić information content (AvgIpc) is 3.01. The average molecular weight is 306 g/mol. The largest absolute Gasteiger partial charge is 0.366 e. The van der Waals surface area contributed by atoms with E-state index in [9.17, 15) is 4.79 Å². The lowest BCUT2D eigenvalue weighted by molar-refractivity contribution is 0.1000. The minimum Gasteiger partial charge on any atom is -0.366 e. The van der Waals surface area contributed by atoms with Crippen LogP contribution in [0.3, 0.4) is 0 Å². The molecule has 1 amide bonds. The molecule has 1 unspecified atom stereocenters. The number of nitrogens with zero attached hydrogens (tertiary/aromatic N) is 1. The zero-order valence-corrected chi connectivity index (χ0v) is 13.1. The van der Waals surface area contributed by atoms with E-state index in [1.165, 1.54) is 18.6 Å². The van der Waals surface area contributed by atoms with Gasteiger partial charge in [0.25, 0.3) is 0 Å². The minimum atomic E-state index is -0.405. The molecule has 1 heterocycles. The second-order valence-corrected chi connectivity index (χ2v) is 6.41. The second-order valence-electron chi connectivity index (χ2n) is 5.01. The summed E-state index contributed by atoms with van der Waals surface area (Å²) in [6.07, 6.45) is 2.58. The van der Waals surface area contributed by atoms with Crippen molar-refractivity contribution < 1.29 is 4.79 Å². The van der Waals surface area contributed by atoms with Gasteiger partial charge in [-0.3, -0.25) is 9.79 Å². The minimum absolute atomic E-state index is 0.405. The number of amides is 1. The lowest BCUT2D eigenvalue weighted by Crippen LogP contribution is -2.39. The van der Waals surface area contributed by atoms with E-state index >= 15 is 0 Å². The highest BCUT2D eigenvalue weighted by molar-refractivity contribution is 8.00. The van der Waals surface area contributed by atoms with Gasteiger partial charge >= 0.3 is 0 Å². The topological polar surface area (TPSA) is 79.5 Å². The molecule has 114 valence electrons. The first-order valence-corrected chi connectivity index (χ1v) is 8.19. The smallest absolute Gasteiger partial charge is 0.248 e. The SMILES string of the molecule is CN=C(NCc1cccc(C(N)=O)c1)NCC1CCCS1. The fraction of sp³-hybridized carbons (Fsp3) is 0.467. The molecule has 0 saturated carbocycles. The zero-order valence-electron chi connectivity index (χ0n) is 12.3. The van der Waals surface area contributed by atoms with Crippen LogP contribution in [0, 0.1) is 0 Å². The van der Waals surface area contributed by atoms with Gasteiger partial charge in [0, 0.05) is 31.0 Å². The summed E-state index contributed by atoms with van der Waals surface area (Å²) < 4.78 is 0. The van der Waals surface area contributed by atoms with Crippen LogP contribution in [0.1, 0.15) is 28.8 Å². The summed E-state index contributed by atoms with van der Waals surface area (Å²) in [5.41, 5.74) is 6.82. The van der Waals surface area contributed by atoms with Crippen molar-refractivity contribution >= 4 is 23.6 Å². The van der Waals surface area contributed by atoms with Crippen LogP contribution in [-0.2, 0) is 6.54 Å². The van der Waals surface area contributed by atoms with Gasteiger partial charge in [-0.2, -0.15) is 11.8 Å². The first kappa shape index (κ1) is 15.7. The summed E-state index contributed by atoms with van der Waals surface area (Å²) in [6.45, 7) is 1.55. The van der Waals surface area contributed by atoms with Crippen LogP contribution in [0.15, 0.2) is 29.3 Å². The third-order valence-corrected chi connectivity index (χ3v) is 4.81. The molecule has 5 nitrogen and oxygen atoms in total. The second kappa shape index (κ2) is 7.93. The van der Waals surface area contributed by atoms with Crippen LogP contribution in [0.2, 0.25) is 0 Å². The number of guanidine groups is 1. The van der Waals surface area contributed by atoms with E-state index in [2.05, 4.69) is 15.6 Å². The standard InChI is InChI=1S/C15H22N4OS/c1-17-15(19-10-13-6-3-7-21-13)18-9-11-4-2-5-12(8-11)14(16)20/h2,4-5,8,13H,3,6-7,9-10H2,1H3,(H2,16,20)(H2,17,18,19). The van der Waals surface area contributed by atoms with E-state index in [-0.39, 0.29) is 0 Å². The third kappa shape index (κ3) is 4.97. The van der Waals surface area contributed by atoms with Gasteiger partial charge < -0.3 is 16.4 Å². The summed E-state index contributed by atoms with van der Waals surface area (Å²) in [5.74, 6) is 1.64. The number of benzene rings is 1. The highest BCUT2D eigenvalue weighted by Crippen LogP contribution is 2.25. The molecule has 1 aliphatic heterocycles. The Morgan fingerprint density at radius 1 is 1.48 bits per heavy atom. The number of primary amides is 1. The van der Waals surface area contributed by atoms with Crippen LogP contribution in [0.25, 0.3) is 0 Å². The molecule has 1 aromatic carbocycles. The Balaban J connectivity index is 1.82. The van der Waals surface area contributed by atoms with Gasteiger partial charge in [-0.25, -0.2) is 0 Å². The number of hydrogen-bond acceptors (Lipinski definition) is 3. The molecule has 2 rings (SSSR count). The van der Waals surface area contributed by atoms with Crippen molar-refractivity contribution in [1.82, 2.24) is 10.6 Å². The molecule has 0 radical (unpaired) electrons. The van der Waals surface area contributed by atoms with Gasteiger partial charge in [0.15, 0.2) is 5.96 Å². The Morgan fingerprint density at radius 2 is 2.33 bits per heavy atom. The van der Waals surface area contributed by atoms with E-state index in [4.69, 9.17) is 5.73 Å². The first-order valence-electron chi connectivity index (χ1n) is 7.14. The molecule has 0 aliphatic carbocycles. The van der Waals surface area contributed by atoms with E-state index in [0.29, 0.717) is 17.4 Å². The molecule has 1 saturated heterocycles. The molecule has 0 aromatic heterocycles. The van der Waals surface area contributed by atoms with E-state index in [1.807, 2.05) is 23.9 Å². The normalized spacial score (nSPS) is 18.5. The van der Waals surface area contributed by atoms with E-state index in [0.717, 1.165) is 18.1 Å². The molecule has 1 aromatic rings. The Bertz CT molecular complexity index is 512. The molecule has 6 heteroatoms. The van der Waals surface area contributed by atoms with Crippen LogP contribution in [0.5, 0.6) is 0 Å². The predicted molar refractivity (Wildman–Crippen MR) is 88.6 cm³/mol. The van der Waals surface area contributed by atoms with E-state index < -0.39 is 5.91 Å². The number of rotatable bonds is 5. The monoisotopic (exact) mass is 306 g/mol. The lowest BCUT2D eigenvalue weighted by atomic mass is 10.1. The summed E-state index contributed by atoms with van der Waals surface area (Å²) in [4.78, 5) is 15.4. The molecule has 1 fully saturated rings. The molecule has 0 bridgehead atoms. The Labute approximate surface area is 129 Å². The highest BCUT2D eigenvalue weighted by atomic mass is 32.2. The Kier molecular flexibility index (Phi) is 5.92. The van der Waals surface area contributed by atoms with Gasteiger partial charge in [-0.05, 0) is 36.3 Å². The zero-order chi connectivity index (χ0) is 15.1. The summed E-state index contributed by atoms with van der Waals surface area (Å²) in [5, 5.41) is 7.28. The number of carbonyl (C=O) groups is 1. The van der Waals surface area contributed by atoms with Gasteiger partial charge in [0.1, 0.15) is 0 Å². The van der Waals surface area contributed by atoms with Crippen molar-refractivity contribution in [3.05, 3.63) is 35.4 Å². The maximum absolute atomic E-state index is 11.2. The quantitative estimate of drug-likeness (QED) is 0.567. The predicted octanol–water partition coefficient (Wildman–Crippen LogP) is 1.35. The van der Waals surface area contributed by atoms with Crippen molar-refractivity contribution in [3.8, 4) is 0 Å². The van der Waals surface area contributed by atoms with Gasteiger partial charge in [0.05, 0.1) is 0 Å². The van der Waals surface area contributed by atoms with Crippen LogP contribution in [-0.4, -0.2) is 36.5 Å². The summed E-state index contributed by atoms with van der Waals surface area (Å²) >= 11 is 2.02. The number of nitrogens with one attached hydrogen (secondary N) is 2. The fourth-order valence-corrected chi connectivity index (χ4v) is 3.46. The molecule has 0 spiro atoms. The van der Waals surface area contributed by atoms with Gasteiger partial charge in [-0.1, -0.05) is 12.1 Å². The summed E-state index contributed by atoms with van der Waals surface area (Å²) in [7, 11) is 1.76. The number of nitrogens with two attached hydrogens (primary N) is 1. The number of aliphatic imine (C=N–C) groups is 1. The van der Waals surface area contributed by atoms with Crippen molar-refractivity contribution in [2.24, 2.45) is 10.7 Å². The van der Waals surface area contributed by atoms with Crippen LogP contribution >= 0.6 is 11.8 Å². The molecule has 1 atom stereocenters. The van der Waals surface area contributed by atoms with Crippen molar-refractivity contribution in [3.63, 3.8) is 0 Å². The molecule has 4 N–H and O–H groups in total. The molecular weight excluding hydrogens is 284 g/mol. The molecular formula is C15H22N4OS. The van der Waals surface area contributed by atoms with Crippen molar-refractivity contribution in [1.29, 1.82) is 0 Å².